The molecule has 6 nitrogen and oxygen atoms in total. The number of benzene rings is 2. The number of amides is 2. The van der Waals surface area contributed by atoms with E-state index in [1.807, 2.05) is 67.5 Å². The summed E-state index contributed by atoms with van der Waals surface area (Å²) in [6.45, 7) is 2.61. The molecule has 2 aromatic carbocycles. The standard InChI is InChI=1S/C22H27N3O3/c1-16-22(27)25(19-7-5-6-8-20(19)28-16)14-13-21(26)24(4)15-17-9-11-18(12-10-17)23(2)3/h5-12,16H,13-15H2,1-4H3/t16-/m0/s1. The first kappa shape index (κ1) is 19.7. The van der Waals surface area contributed by atoms with E-state index in [2.05, 4.69) is 0 Å². The predicted molar refractivity (Wildman–Crippen MR) is 111 cm³/mol. The van der Waals surface area contributed by atoms with Crippen LogP contribution in [-0.4, -0.2) is 50.5 Å². The summed E-state index contributed by atoms with van der Waals surface area (Å²) in [6.07, 6.45) is -0.281. The lowest BCUT2D eigenvalue weighted by Crippen LogP contribution is -2.45. The summed E-state index contributed by atoms with van der Waals surface area (Å²) in [6, 6.07) is 15.6. The fourth-order valence-corrected chi connectivity index (χ4v) is 3.25. The van der Waals surface area contributed by atoms with Crippen molar-refractivity contribution in [1.29, 1.82) is 0 Å². The molecule has 0 N–H and O–H groups in total. The summed E-state index contributed by atoms with van der Waals surface area (Å²) >= 11 is 0. The molecule has 0 saturated heterocycles. The van der Waals surface area contributed by atoms with Crippen LogP contribution in [0.5, 0.6) is 5.75 Å². The van der Waals surface area contributed by atoms with Crippen LogP contribution in [0.25, 0.3) is 0 Å². The number of carbonyl (C=O) groups is 2. The number of ether oxygens (including phenoxy) is 1. The fraction of sp³-hybridized carbons (Fsp3) is 0.364. The highest BCUT2D eigenvalue weighted by molar-refractivity contribution is 6.00. The maximum absolute atomic E-state index is 12.6. The minimum atomic E-state index is -0.544. The second-order valence-corrected chi connectivity index (χ2v) is 7.28. The van der Waals surface area contributed by atoms with Crippen molar-refractivity contribution in [3.8, 4) is 5.75 Å². The van der Waals surface area contributed by atoms with Gasteiger partial charge in [-0.1, -0.05) is 24.3 Å². The normalized spacial score (nSPS) is 15.6. The van der Waals surface area contributed by atoms with Crippen molar-refractivity contribution in [2.45, 2.75) is 26.0 Å². The second-order valence-electron chi connectivity index (χ2n) is 7.28. The topological polar surface area (TPSA) is 53.1 Å². The van der Waals surface area contributed by atoms with Crippen LogP contribution < -0.4 is 14.5 Å². The molecule has 0 saturated carbocycles. The largest absolute Gasteiger partial charge is 0.479 e. The highest BCUT2D eigenvalue weighted by Gasteiger charge is 2.31. The Balaban J connectivity index is 1.61. The molecule has 28 heavy (non-hydrogen) atoms. The summed E-state index contributed by atoms with van der Waals surface area (Å²) < 4.78 is 5.64. The number of hydrogen-bond acceptors (Lipinski definition) is 4. The van der Waals surface area contributed by atoms with Crippen LogP contribution in [0, 0.1) is 0 Å². The SMILES string of the molecule is C[C@@H]1Oc2ccccc2N(CCC(=O)N(C)Cc2ccc(N(C)C)cc2)C1=O. The van der Waals surface area contributed by atoms with Gasteiger partial charge in [0.25, 0.3) is 5.91 Å². The first-order chi connectivity index (χ1) is 13.4. The third kappa shape index (κ3) is 4.27. The Morgan fingerprint density at radius 1 is 1.07 bits per heavy atom. The molecular formula is C22H27N3O3. The van der Waals surface area contributed by atoms with Crippen LogP contribution in [-0.2, 0) is 16.1 Å². The molecule has 1 aliphatic rings. The Labute approximate surface area is 166 Å². The number of rotatable bonds is 6. The van der Waals surface area contributed by atoms with Crippen LogP contribution in [0.2, 0.25) is 0 Å². The highest BCUT2D eigenvalue weighted by Crippen LogP contribution is 2.33. The van der Waals surface area contributed by atoms with Crippen molar-refractivity contribution in [2.24, 2.45) is 0 Å². The summed E-state index contributed by atoms with van der Waals surface area (Å²) in [4.78, 5) is 30.5. The monoisotopic (exact) mass is 381 g/mol. The Morgan fingerprint density at radius 3 is 2.43 bits per heavy atom. The molecule has 148 valence electrons. The van der Waals surface area contributed by atoms with Gasteiger partial charge in [-0.15, -0.1) is 0 Å². The van der Waals surface area contributed by atoms with E-state index in [1.165, 1.54) is 0 Å². The summed E-state index contributed by atoms with van der Waals surface area (Å²) in [7, 11) is 5.78. The van der Waals surface area contributed by atoms with Crippen molar-refractivity contribution in [3.05, 3.63) is 54.1 Å². The Hall–Kier alpha value is -3.02. The van der Waals surface area contributed by atoms with Crippen molar-refractivity contribution < 1.29 is 14.3 Å². The molecule has 1 aliphatic heterocycles. The van der Waals surface area contributed by atoms with Crippen LogP contribution in [0.15, 0.2) is 48.5 Å². The van der Waals surface area contributed by atoms with E-state index < -0.39 is 6.10 Å². The van der Waals surface area contributed by atoms with Crippen LogP contribution in [0.1, 0.15) is 18.9 Å². The molecule has 2 amide bonds. The molecular weight excluding hydrogens is 354 g/mol. The Kier molecular flexibility index (Phi) is 5.87. The van der Waals surface area contributed by atoms with Gasteiger partial charge in [-0.3, -0.25) is 9.59 Å². The van der Waals surface area contributed by atoms with Gasteiger partial charge in [-0.25, -0.2) is 0 Å². The maximum Gasteiger partial charge on any atom is 0.267 e. The molecule has 0 aliphatic carbocycles. The average molecular weight is 381 g/mol. The van der Waals surface area contributed by atoms with Crippen molar-refractivity contribution in [3.63, 3.8) is 0 Å². The van der Waals surface area contributed by atoms with Gasteiger partial charge in [0, 0.05) is 46.3 Å². The zero-order valence-electron chi connectivity index (χ0n) is 16.9. The van der Waals surface area contributed by atoms with Crippen molar-refractivity contribution >= 4 is 23.2 Å². The van der Waals surface area contributed by atoms with Gasteiger partial charge in [-0.05, 0) is 36.8 Å². The molecule has 1 heterocycles. The lowest BCUT2D eigenvalue weighted by atomic mass is 10.1. The number of carbonyl (C=O) groups excluding carboxylic acids is 2. The zero-order valence-corrected chi connectivity index (χ0v) is 16.9. The zero-order chi connectivity index (χ0) is 20.3. The molecule has 0 aromatic heterocycles. The predicted octanol–water partition coefficient (Wildman–Crippen LogP) is 2.92. The Morgan fingerprint density at radius 2 is 1.75 bits per heavy atom. The van der Waals surface area contributed by atoms with Crippen molar-refractivity contribution in [2.75, 3.05) is 37.5 Å². The van der Waals surface area contributed by atoms with E-state index in [1.54, 1.807) is 23.8 Å². The molecule has 1 atom stereocenters. The number of fused-ring (bicyclic) bond motifs is 1. The van der Waals surface area contributed by atoms with Crippen molar-refractivity contribution in [1.82, 2.24) is 4.90 Å². The number of nitrogens with zero attached hydrogens (tertiary/aromatic N) is 3. The molecule has 0 bridgehead atoms. The van der Waals surface area contributed by atoms with Gasteiger partial charge in [-0.2, -0.15) is 0 Å². The number of hydrogen-bond donors (Lipinski definition) is 0. The van der Waals surface area contributed by atoms with E-state index in [0.29, 0.717) is 18.8 Å². The minimum absolute atomic E-state index is 0.00103. The van der Waals surface area contributed by atoms with Crippen LogP contribution >= 0.6 is 0 Å². The highest BCUT2D eigenvalue weighted by atomic mass is 16.5. The van der Waals surface area contributed by atoms with E-state index in [4.69, 9.17) is 4.74 Å². The third-order valence-corrected chi connectivity index (χ3v) is 4.92. The summed E-state index contributed by atoms with van der Waals surface area (Å²) in [5.41, 5.74) is 2.92. The van der Waals surface area contributed by atoms with Crippen LogP contribution in [0.3, 0.4) is 0 Å². The third-order valence-electron chi connectivity index (χ3n) is 4.92. The summed E-state index contributed by atoms with van der Waals surface area (Å²) in [5.74, 6) is 0.561. The first-order valence-corrected chi connectivity index (χ1v) is 9.44. The van der Waals surface area contributed by atoms with E-state index in [-0.39, 0.29) is 18.2 Å². The van der Waals surface area contributed by atoms with Crippen LogP contribution in [0.4, 0.5) is 11.4 Å². The van der Waals surface area contributed by atoms with Gasteiger partial charge in [0.1, 0.15) is 5.75 Å². The molecule has 2 aromatic rings. The number of anilines is 2. The van der Waals surface area contributed by atoms with E-state index >= 15 is 0 Å². The maximum atomic E-state index is 12.6. The molecule has 6 heteroatoms. The lowest BCUT2D eigenvalue weighted by Gasteiger charge is -2.33. The van der Waals surface area contributed by atoms with E-state index in [0.717, 1.165) is 16.9 Å². The average Bonchev–Trinajstić information content (AvgIpc) is 2.68. The minimum Gasteiger partial charge on any atom is -0.479 e. The molecule has 0 radical (unpaired) electrons. The smallest absolute Gasteiger partial charge is 0.267 e. The molecule has 0 unspecified atom stereocenters. The van der Waals surface area contributed by atoms with Gasteiger partial charge in [0.2, 0.25) is 5.91 Å². The molecule has 0 spiro atoms. The second kappa shape index (κ2) is 8.33. The van der Waals surface area contributed by atoms with Gasteiger partial charge < -0.3 is 19.4 Å². The van der Waals surface area contributed by atoms with Gasteiger partial charge >= 0.3 is 0 Å². The van der Waals surface area contributed by atoms with Gasteiger partial charge in [0.15, 0.2) is 6.10 Å². The van der Waals surface area contributed by atoms with E-state index in [9.17, 15) is 9.59 Å². The molecule has 3 rings (SSSR count). The fourth-order valence-electron chi connectivity index (χ4n) is 3.25. The lowest BCUT2D eigenvalue weighted by molar-refractivity contribution is -0.130. The number of para-hydroxylation sites is 2. The summed E-state index contributed by atoms with van der Waals surface area (Å²) in [5, 5.41) is 0. The quantitative estimate of drug-likeness (QED) is 0.772. The first-order valence-electron chi connectivity index (χ1n) is 9.44. The van der Waals surface area contributed by atoms with Gasteiger partial charge in [0.05, 0.1) is 5.69 Å². The Bertz CT molecular complexity index is 848. The molecule has 0 fully saturated rings.